The van der Waals surface area contributed by atoms with Crippen LogP contribution in [-0.4, -0.2) is 50.7 Å². The Morgan fingerprint density at radius 1 is 1.04 bits per heavy atom. The fourth-order valence-electron chi connectivity index (χ4n) is 7.10. The molecular weight excluding hydrogens is 630 g/mol. The van der Waals surface area contributed by atoms with Gasteiger partial charge in [-0.2, -0.15) is 5.10 Å². The number of anilines is 1. The Hall–Kier alpha value is -5.73. The fraction of sp³-hybridized carbons (Fsp3) is 0.308. The highest BCUT2D eigenvalue weighted by atomic mass is 16.5. The third-order valence-electron chi connectivity index (χ3n) is 9.54. The van der Waals surface area contributed by atoms with Crippen LogP contribution in [-0.2, 0) is 18.5 Å². The van der Waals surface area contributed by atoms with Gasteiger partial charge in [0.15, 0.2) is 17.1 Å². The Morgan fingerprint density at radius 3 is 2.52 bits per heavy atom. The maximum atomic E-state index is 14.9. The molecule has 11 heteroatoms. The van der Waals surface area contributed by atoms with Gasteiger partial charge >= 0.3 is 0 Å². The molecule has 1 saturated carbocycles. The van der Waals surface area contributed by atoms with Crippen molar-refractivity contribution in [1.29, 1.82) is 0 Å². The van der Waals surface area contributed by atoms with Gasteiger partial charge in [-0.25, -0.2) is 19.6 Å². The molecule has 2 aliphatic rings. The zero-order valence-electron chi connectivity index (χ0n) is 28.6. The van der Waals surface area contributed by atoms with Crippen LogP contribution >= 0.6 is 0 Å². The predicted octanol–water partition coefficient (Wildman–Crippen LogP) is 5.22. The number of aryl methyl sites for hydroxylation is 1. The summed E-state index contributed by atoms with van der Waals surface area (Å²) in [6.45, 7) is 9.30. The smallest absolute Gasteiger partial charge is 0.263 e. The van der Waals surface area contributed by atoms with Gasteiger partial charge in [0.05, 0.1) is 21.8 Å². The molecule has 0 saturated heterocycles. The molecular formula is C39H37N7O4. The molecule has 1 aliphatic heterocycles. The minimum atomic E-state index is -1.24. The lowest BCUT2D eigenvalue weighted by Crippen LogP contribution is -2.36. The summed E-state index contributed by atoms with van der Waals surface area (Å²) >= 11 is 0. The summed E-state index contributed by atoms with van der Waals surface area (Å²) < 4.78 is 9.65. The van der Waals surface area contributed by atoms with Crippen molar-refractivity contribution in [2.24, 2.45) is 0 Å². The minimum Gasteiger partial charge on any atom is -0.504 e. The van der Waals surface area contributed by atoms with Gasteiger partial charge in [0, 0.05) is 23.1 Å². The Labute approximate surface area is 288 Å². The second-order valence-corrected chi connectivity index (χ2v) is 14.5. The number of nitrogen functional groups attached to an aromatic ring is 1. The standard InChI is InChI=1S/C39H37N7O4/c1-22-9-11-24(12-10-22)39(17-18-39)46-29(43-27-8-6-7-23(30(27)36(46)48)15-16-37(2,3)49)20-45-35-31(34(40)41-21-42-35)32(44-45)25-13-14-28(47)33-26(25)19-38(4,5)50-33/h6-14,21,47,49H,17-20H2,1-5H3,(H2,40,41,42). The van der Waals surface area contributed by atoms with Crippen LogP contribution < -0.4 is 16.0 Å². The van der Waals surface area contributed by atoms with Gasteiger partial charge in [0.1, 0.15) is 41.4 Å². The van der Waals surface area contributed by atoms with Crippen LogP contribution in [0.25, 0.3) is 33.2 Å². The van der Waals surface area contributed by atoms with E-state index in [0.717, 1.165) is 35.1 Å². The van der Waals surface area contributed by atoms with Crippen LogP contribution in [0.15, 0.2) is 65.7 Å². The van der Waals surface area contributed by atoms with Gasteiger partial charge < -0.3 is 20.7 Å². The van der Waals surface area contributed by atoms with Crippen molar-refractivity contribution >= 4 is 27.8 Å². The van der Waals surface area contributed by atoms with Crippen molar-refractivity contribution in [3.8, 4) is 34.6 Å². The maximum Gasteiger partial charge on any atom is 0.263 e. The van der Waals surface area contributed by atoms with Crippen LogP contribution in [0.4, 0.5) is 5.82 Å². The van der Waals surface area contributed by atoms with Gasteiger partial charge in [-0.3, -0.25) is 9.36 Å². The topological polar surface area (TPSA) is 154 Å². The van der Waals surface area contributed by atoms with E-state index >= 15 is 0 Å². The summed E-state index contributed by atoms with van der Waals surface area (Å²) in [5, 5.41) is 27.0. The van der Waals surface area contributed by atoms with E-state index in [-0.39, 0.29) is 23.7 Å². The van der Waals surface area contributed by atoms with Crippen LogP contribution in [0.2, 0.25) is 0 Å². The van der Waals surface area contributed by atoms with Crippen LogP contribution in [0, 0.1) is 18.8 Å². The molecule has 3 aromatic heterocycles. The number of phenolic OH excluding ortho intramolecular Hbond substituents is 1. The molecule has 0 atom stereocenters. The van der Waals surface area contributed by atoms with E-state index in [2.05, 4.69) is 46.1 Å². The van der Waals surface area contributed by atoms with Crippen LogP contribution in [0.1, 0.15) is 68.6 Å². The summed E-state index contributed by atoms with van der Waals surface area (Å²) in [5.41, 5.74) is 9.67. The van der Waals surface area contributed by atoms with Crippen molar-refractivity contribution in [3.05, 3.63) is 99.4 Å². The first-order valence-electron chi connectivity index (χ1n) is 16.6. The summed E-state index contributed by atoms with van der Waals surface area (Å²) in [7, 11) is 0. The summed E-state index contributed by atoms with van der Waals surface area (Å²) in [5.74, 6) is 7.14. The highest BCUT2D eigenvalue weighted by molar-refractivity contribution is 5.99. The maximum absolute atomic E-state index is 14.9. The van der Waals surface area contributed by atoms with Crippen molar-refractivity contribution in [2.75, 3.05) is 5.73 Å². The van der Waals surface area contributed by atoms with E-state index in [1.54, 1.807) is 36.7 Å². The van der Waals surface area contributed by atoms with E-state index in [0.29, 0.717) is 51.2 Å². The normalized spacial score (nSPS) is 15.8. The molecule has 4 N–H and O–H groups in total. The van der Waals surface area contributed by atoms with Crippen molar-refractivity contribution in [1.82, 2.24) is 29.3 Å². The molecule has 0 spiro atoms. The molecule has 0 unspecified atom stereocenters. The molecule has 252 valence electrons. The van der Waals surface area contributed by atoms with Gasteiger partial charge in [-0.15, -0.1) is 0 Å². The molecule has 1 fully saturated rings. The molecule has 11 nitrogen and oxygen atoms in total. The fourth-order valence-corrected chi connectivity index (χ4v) is 7.10. The highest BCUT2D eigenvalue weighted by Gasteiger charge is 2.49. The molecule has 6 aromatic rings. The number of fused-ring (bicyclic) bond motifs is 3. The number of benzene rings is 3. The third kappa shape index (κ3) is 5.15. The first kappa shape index (κ1) is 31.5. The Morgan fingerprint density at radius 2 is 1.80 bits per heavy atom. The number of phenols is 1. The summed E-state index contributed by atoms with van der Waals surface area (Å²) in [6, 6.07) is 17.1. The number of aliphatic hydroxyl groups is 1. The Kier molecular flexibility index (Phi) is 6.87. The quantitative estimate of drug-likeness (QED) is 0.210. The Balaban J connectivity index is 1.36. The second kappa shape index (κ2) is 10.9. The first-order chi connectivity index (χ1) is 23.7. The monoisotopic (exact) mass is 667 g/mol. The molecule has 8 rings (SSSR count). The zero-order chi connectivity index (χ0) is 35.2. The van der Waals surface area contributed by atoms with Crippen LogP contribution in [0.5, 0.6) is 11.5 Å². The zero-order valence-corrected chi connectivity index (χ0v) is 28.6. The summed E-state index contributed by atoms with van der Waals surface area (Å²) in [4.78, 5) is 28.9. The molecule has 0 radical (unpaired) electrons. The minimum absolute atomic E-state index is 0.0594. The number of aromatic nitrogens is 6. The SMILES string of the molecule is Cc1ccc(C2(n3c(Cn4nc(-c5ccc(O)c6c5CC(C)(C)O6)c5c(N)ncnc54)nc4cccc(C#CC(C)(C)O)c4c3=O)CC2)cc1. The van der Waals surface area contributed by atoms with Gasteiger partial charge in [0.2, 0.25) is 0 Å². The lowest BCUT2D eigenvalue weighted by Gasteiger charge is -2.24. The average Bonchev–Trinajstić information content (AvgIpc) is 3.66. The second-order valence-electron chi connectivity index (χ2n) is 14.5. The van der Waals surface area contributed by atoms with E-state index in [1.165, 1.54) is 6.33 Å². The number of aromatic hydroxyl groups is 1. The molecule has 3 aromatic carbocycles. The van der Waals surface area contributed by atoms with E-state index < -0.39 is 16.7 Å². The lowest BCUT2D eigenvalue weighted by molar-refractivity contribution is 0.134. The van der Waals surface area contributed by atoms with E-state index in [4.69, 9.17) is 20.6 Å². The third-order valence-corrected chi connectivity index (χ3v) is 9.54. The van der Waals surface area contributed by atoms with Crippen molar-refractivity contribution in [2.45, 2.75) is 77.2 Å². The van der Waals surface area contributed by atoms with E-state index in [9.17, 15) is 15.0 Å². The number of nitrogens with zero attached hydrogens (tertiary/aromatic N) is 6. The average molecular weight is 668 g/mol. The summed E-state index contributed by atoms with van der Waals surface area (Å²) in [6.07, 6.45) is 3.46. The number of hydrogen-bond donors (Lipinski definition) is 3. The Bertz CT molecular complexity index is 2490. The number of hydrogen-bond acceptors (Lipinski definition) is 9. The molecule has 0 bridgehead atoms. The van der Waals surface area contributed by atoms with Gasteiger partial charge in [-0.1, -0.05) is 47.7 Å². The van der Waals surface area contributed by atoms with Gasteiger partial charge in [0.25, 0.3) is 5.56 Å². The van der Waals surface area contributed by atoms with Crippen LogP contribution in [0.3, 0.4) is 0 Å². The predicted molar refractivity (Wildman–Crippen MR) is 191 cm³/mol. The molecule has 0 amide bonds. The molecule has 50 heavy (non-hydrogen) atoms. The molecule has 1 aliphatic carbocycles. The van der Waals surface area contributed by atoms with Crippen molar-refractivity contribution < 1.29 is 14.9 Å². The first-order valence-corrected chi connectivity index (χ1v) is 16.6. The number of nitrogens with two attached hydrogens (primary N) is 1. The van der Waals surface area contributed by atoms with E-state index in [1.807, 2.05) is 37.5 Å². The number of ether oxygens (including phenoxy) is 1. The molecule has 4 heterocycles. The number of rotatable bonds is 5. The largest absolute Gasteiger partial charge is 0.504 e. The lowest BCUT2D eigenvalue weighted by atomic mass is 9.95. The highest BCUT2D eigenvalue weighted by Crippen LogP contribution is 2.50. The van der Waals surface area contributed by atoms with Crippen molar-refractivity contribution in [3.63, 3.8) is 0 Å². The van der Waals surface area contributed by atoms with Gasteiger partial charge in [-0.05, 0) is 77.3 Å².